The van der Waals surface area contributed by atoms with E-state index >= 15 is 0 Å². The van der Waals surface area contributed by atoms with E-state index in [9.17, 15) is 4.79 Å². The summed E-state index contributed by atoms with van der Waals surface area (Å²) in [5.74, 6) is -0.981. The fourth-order valence-corrected chi connectivity index (χ4v) is 0. The van der Waals surface area contributed by atoms with Crippen molar-refractivity contribution in [3.8, 4) is 0 Å². The molecule has 0 fully saturated rings. The number of aliphatic carboxylic acids is 1. The van der Waals surface area contributed by atoms with Crippen LogP contribution in [-0.2, 0) is 4.79 Å². The van der Waals surface area contributed by atoms with Crippen LogP contribution in [-0.4, -0.2) is 11.1 Å². The van der Waals surface area contributed by atoms with Crippen LogP contribution < -0.4 is 0 Å². The molecule has 0 aromatic heterocycles. The Morgan fingerprint density at radius 3 is 2.00 bits per heavy atom. The monoisotopic (exact) mass is 230 g/mol. The Bertz CT molecular complexity index is 59.8. The third-order valence-corrected chi connectivity index (χ3v) is 0.175. The maximum absolute atomic E-state index is 9.25. The molecule has 0 saturated heterocycles. The van der Waals surface area contributed by atoms with E-state index in [1.807, 2.05) is 0 Å². The van der Waals surface area contributed by atoms with E-state index in [0.717, 1.165) is 6.08 Å². The van der Waals surface area contributed by atoms with Crippen LogP contribution in [0.3, 0.4) is 0 Å². The Morgan fingerprint density at radius 2 is 2.00 bits per heavy atom. The molecule has 0 spiro atoms. The van der Waals surface area contributed by atoms with Crippen molar-refractivity contribution >= 4 is 5.97 Å². The molecule has 0 bridgehead atoms. The van der Waals surface area contributed by atoms with Crippen LogP contribution in [0.15, 0.2) is 12.7 Å². The van der Waals surface area contributed by atoms with E-state index in [1.165, 1.54) is 0 Å². The van der Waals surface area contributed by atoms with Crippen LogP contribution in [0.4, 0.5) is 0 Å². The second kappa shape index (κ2) is 5.53. The van der Waals surface area contributed by atoms with Gasteiger partial charge >= 0.3 is 5.97 Å². The summed E-state index contributed by atoms with van der Waals surface area (Å²) in [5.41, 5.74) is 0. The van der Waals surface area contributed by atoms with Gasteiger partial charge in [-0.15, -0.1) is 0 Å². The summed E-state index contributed by atoms with van der Waals surface area (Å²) in [6, 6.07) is 0. The second-order valence-corrected chi connectivity index (χ2v) is 0.542. The smallest absolute Gasteiger partial charge is 0.327 e. The Morgan fingerprint density at radius 1 is 1.83 bits per heavy atom. The van der Waals surface area contributed by atoms with E-state index in [4.69, 9.17) is 5.11 Å². The number of hydrogen-bond donors (Lipinski definition) is 1. The van der Waals surface area contributed by atoms with Gasteiger partial charge < -0.3 is 5.11 Å². The van der Waals surface area contributed by atoms with E-state index in [1.54, 1.807) is 0 Å². The molecule has 0 heterocycles. The van der Waals surface area contributed by atoms with E-state index in [0.29, 0.717) is 0 Å². The summed E-state index contributed by atoms with van der Waals surface area (Å²) in [6.07, 6.45) is 0.833. The predicted octanol–water partition coefficient (Wildman–Crippen LogP) is 0.257. The molecule has 0 radical (unpaired) electrons. The largest absolute Gasteiger partial charge is 0.478 e. The van der Waals surface area contributed by atoms with Crippen molar-refractivity contribution in [1.29, 1.82) is 0 Å². The van der Waals surface area contributed by atoms with Gasteiger partial charge in [-0.2, -0.15) is 0 Å². The zero-order valence-corrected chi connectivity index (χ0v) is 5.26. The van der Waals surface area contributed by atoms with Gasteiger partial charge in [0.05, 0.1) is 0 Å². The second-order valence-electron chi connectivity index (χ2n) is 0.542. The van der Waals surface area contributed by atoms with Gasteiger partial charge in [0.15, 0.2) is 0 Å². The van der Waals surface area contributed by atoms with Gasteiger partial charge in [-0.1, -0.05) is 6.58 Å². The van der Waals surface area contributed by atoms with Gasteiger partial charge in [-0.05, 0) is 0 Å². The fourth-order valence-electron chi connectivity index (χ4n) is 0. The average molecular weight is 229 g/mol. The molecule has 6 heavy (non-hydrogen) atoms. The zero-order valence-electron chi connectivity index (χ0n) is 2.99. The SMILES string of the molecule is C=CC(=O)O.[Gd]. The molecular weight excluding hydrogens is 225 g/mol. The van der Waals surface area contributed by atoms with E-state index in [2.05, 4.69) is 6.58 Å². The maximum Gasteiger partial charge on any atom is 0.327 e. The number of carboxylic acids is 1. The molecule has 0 aromatic rings. The Kier molecular flexibility index (Phi) is 8.98. The minimum Gasteiger partial charge on any atom is -0.478 e. The number of carbonyl (C=O) groups is 1. The Hall–Kier alpha value is 0.535. The Balaban J connectivity index is 0. The van der Waals surface area contributed by atoms with Gasteiger partial charge in [0.1, 0.15) is 0 Å². The molecule has 0 aliphatic carbocycles. The predicted molar refractivity (Wildman–Crippen MR) is 17.8 cm³/mol. The van der Waals surface area contributed by atoms with Gasteiger partial charge in [-0.25, -0.2) is 4.79 Å². The molecule has 36 valence electrons. The van der Waals surface area contributed by atoms with Gasteiger partial charge in [0.2, 0.25) is 0 Å². The van der Waals surface area contributed by atoms with Crippen molar-refractivity contribution < 1.29 is 49.8 Å². The number of hydrogen-bond acceptors (Lipinski definition) is 1. The van der Waals surface area contributed by atoms with Crippen LogP contribution in [0.25, 0.3) is 0 Å². The first-order valence-electron chi connectivity index (χ1n) is 1.12. The molecule has 3 heteroatoms. The molecular formula is C3H4GdO2. The summed E-state index contributed by atoms with van der Waals surface area (Å²) in [5, 5.41) is 7.60. The first kappa shape index (κ1) is 9.73. The van der Waals surface area contributed by atoms with Gasteiger partial charge in [-0.3, -0.25) is 0 Å². The van der Waals surface area contributed by atoms with Crippen LogP contribution in [0.5, 0.6) is 0 Å². The van der Waals surface area contributed by atoms with Crippen molar-refractivity contribution in [1.82, 2.24) is 0 Å². The minimum absolute atomic E-state index is 0. The van der Waals surface area contributed by atoms with Crippen molar-refractivity contribution in [2.24, 2.45) is 0 Å². The molecule has 0 aliphatic heterocycles. The van der Waals surface area contributed by atoms with Crippen molar-refractivity contribution in [3.05, 3.63) is 12.7 Å². The normalized spacial score (nSPS) is 5.33. The number of rotatable bonds is 1. The zero-order chi connectivity index (χ0) is 4.28. The van der Waals surface area contributed by atoms with Crippen LogP contribution in [0.2, 0.25) is 0 Å². The summed E-state index contributed by atoms with van der Waals surface area (Å²) >= 11 is 0. The molecule has 0 aliphatic rings. The standard InChI is InChI=1S/C3H4O2.Gd/c1-2-3(4)5;/h2H,1H2,(H,4,5);. The van der Waals surface area contributed by atoms with E-state index in [-0.39, 0.29) is 39.9 Å². The molecule has 0 rings (SSSR count). The van der Waals surface area contributed by atoms with E-state index < -0.39 is 5.97 Å². The fraction of sp³-hybridized carbons (Fsp3) is 0. The van der Waals surface area contributed by atoms with Crippen molar-refractivity contribution in [2.45, 2.75) is 0 Å². The minimum atomic E-state index is -0.981. The molecule has 0 amide bonds. The van der Waals surface area contributed by atoms with Crippen molar-refractivity contribution in [3.63, 3.8) is 0 Å². The Labute approximate surface area is 67.9 Å². The third-order valence-electron chi connectivity index (χ3n) is 0.175. The van der Waals surface area contributed by atoms with Crippen LogP contribution >= 0.6 is 0 Å². The van der Waals surface area contributed by atoms with Crippen LogP contribution in [0.1, 0.15) is 0 Å². The first-order chi connectivity index (χ1) is 2.27. The summed E-state index contributed by atoms with van der Waals surface area (Å²) < 4.78 is 0. The molecule has 2 nitrogen and oxygen atoms in total. The third kappa shape index (κ3) is 8.82. The van der Waals surface area contributed by atoms with Gasteiger partial charge in [0, 0.05) is 46.0 Å². The molecule has 0 atom stereocenters. The molecule has 0 aromatic carbocycles. The quantitative estimate of drug-likeness (QED) is 0.655. The molecule has 0 saturated carbocycles. The first-order valence-corrected chi connectivity index (χ1v) is 1.12. The summed E-state index contributed by atoms with van der Waals surface area (Å²) in [4.78, 5) is 9.25. The summed E-state index contributed by atoms with van der Waals surface area (Å²) in [6.45, 7) is 2.96. The molecule has 0 unspecified atom stereocenters. The van der Waals surface area contributed by atoms with Crippen molar-refractivity contribution in [2.75, 3.05) is 0 Å². The average Bonchev–Trinajstić information content (AvgIpc) is 1.38. The van der Waals surface area contributed by atoms with Gasteiger partial charge in [0.25, 0.3) is 0 Å². The maximum atomic E-state index is 9.25. The number of carboxylic acid groups (broad SMARTS) is 1. The topological polar surface area (TPSA) is 37.3 Å². The molecule has 1 N–H and O–H groups in total. The summed E-state index contributed by atoms with van der Waals surface area (Å²) in [7, 11) is 0. The van der Waals surface area contributed by atoms with Crippen LogP contribution in [0, 0.1) is 39.9 Å².